The fourth-order valence-electron chi connectivity index (χ4n) is 1.15. The molecular formula is C9H11BrClN3O4S. The number of anilines is 1. The van der Waals surface area contributed by atoms with Crippen LogP contribution < -0.4 is 16.2 Å². The van der Waals surface area contributed by atoms with E-state index < -0.39 is 28.6 Å². The maximum atomic E-state index is 12.0. The Balaban J connectivity index is 3.05. The molecule has 1 rings (SSSR count). The van der Waals surface area contributed by atoms with E-state index in [9.17, 15) is 13.2 Å². The van der Waals surface area contributed by atoms with Crippen LogP contribution in [-0.2, 0) is 14.8 Å². The maximum Gasteiger partial charge on any atom is 0.247 e. The molecule has 0 radical (unpaired) electrons. The van der Waals surface area contributed by atoms with E-state index in [0.717, 1.165) is 0 Å². The van der Waals surface area contributed by atoms with Crippen LogP contribution in [0.15, 0.2) is 21.5 Å². The van der Waals surface area contributed by atoms with Crippen molar-refractivity contribution in [2.75, 3.05) is 12.3 Å². The smallest absolute Gasteiger partial charge is 0.247 e. The highest BCUT2D eigenvalue weighted by Gasteiger charge is 2.22. The Hall–Kier alpha value is -0.870. The van der Waals surface area contributed by atoms with Crippen LogP contribution in [0.5, 0.6) is 0 Å². The Labute approximate surface area is 123 Å². The van der Waals surface area contributed by atoms with E-state index in [1.165, 1.54) is 12.1 Å². The number of aliphatic hydroxyl groups excluding tert-OH is 1. The summed E-state index contributed by atoms with van der Waals surface area (Å²) in [7, 11) is -3.99. The molecular weight excluding hydrogens is 362 g/mol. The maximum absolute atomic E-state index is 12.0. The van der Waals surface area contributed by atoms with Gasteiger partial charge >= 0.3 is 0 Å². The van der Waals surface area contributed by atoms with E-state index in [2.05, 4.69) is 15.9 Å². The first-order valence-corrected chi connectivity index (χ1v) is 7.52. The molecule has 0 saturated heterocycles. The van der Waals surface area contributed by atoms with Gasteiger partial charge in [0.25, 0.3) is 0 Å². The fraction of sp³-hybridized carbons (Fsp3) is 0.222. The van der Waals surface area contributed by atoms with Gasteiger partial charge in [0.2, 0.25) is 15.9 Å². The molecule has 0 aliphatic rings. The van der Waals surface area contributed by atoms with Gasteiger partial charge in [-0.1, -0.05) is 11.6 Å². The average Bonchev–Trinajstić information content (AvgIpc) is 2.30. The Morgan fingerprint density at radius 3 is 2.63 bits per heavy atom. The van der Waals surface area contributed by atoms with Crippen molar-refractivity contribution in [3.05, 3.63) is 21.6 Å². The Bertz CT molecular complexity index is 608. The van der Waals surface area contributed by atoms with Crippen LogP contribution in [0.3, 0.4) is 0 Å². The highest BCUT2D eigenvalue weighted by Crippen LogP contribution is 2.31. The number of amides is 1. The molecule has 0 aromatic heterocycles. The van der Waals surface area contributed by atoms with Gasteiger partial charge in [-0.2, -0.15) is 0 Å². The zero-order valence-corrected chi connectivity index (χ0v) is 12.6. The zero-order valence-electron chi connectivity index (χ0n) is 9.43. The number of aliphatic hydroxyl groups is 1. The van der Waals surface area contributed by atoms with Crippen molar-refractivity contribution in [1.29, 1.82) is 0 Å². The van der Waals surface area contributed by atoms with Gasteiger partial charge in [0.1, 0.15) is 6.10 Å². The monoisotopic (exact) mass is 371 g/mol. The number of nitrogens with one attached hydrogen (secondary N) is 1. The van der Waals surface area contributed by atoms with Crippen LogP contribution in [-0.4, -0.2) is 32.1 Å². The average molecular weight is 373 g/mol. The summed E-state index contributed by atoms with van der Waals surface area (Å²) in [6, 6.07) is 2.56. The lowest BCUT2D eigenvalue weighted by atomic mass is 10.3. The molecule has 10 heteroatoms. The summed E-state index contributed by atoms with van der Waals surface area (Å²) in [5.41, 5.74) is 10.5. The third-order valence-corrected chi connectivity index (χ3v) is 4.93. The number of nitrogens with two attached hydrogens (primary N) is 2. The molecule has 19 heavy (non-hydrogen) atoms. The summed E-state index contributed by atoms with van der Waals surface area (Å²) in [6.45, 7) is -0.545. The molecule has 1 aromatic carbocycles. The molecule has 1 aromatic rings. The summed E-state index contributed by atoms with van der Waals surface area (Å²) in [6.07, 6.45) is -1.62. The molecule has 1 atom stereocenters. The van der Waals surface area contributed by atoms with Crippen LogP contribution >= 0.6 is 27.5 Å². The van der Waals surface area contributed by atoms with Crippen LogP contribution in [0.25, 0.3) is 0 Å². The molecule has 0 spiro atoms. The number of carbonyl (C=O) groups excluding carboxylic acids is 1. The molecule has 1 amide bonds. The number of rotatable bonds is 5. The zero-order chi connectivity index (χ0) is 14.8. The highest BCUT2D eigenvalue weighted by molar-refractivity contribution is 9.10. The summed E-state index contributed by atoms with van der Waals surface area (Å²) in [5, 5.41) is 9.29. The number of halogens is 2. The van der Waals surface area contributed by atoms with E-state index in [1.807, 2.05) is 4.72 Å². The lowest BCUT2D eigenvalue weighted by molar-refractivity contribution is -0.125. The first-order valence-electron chi connectivity index (χ1n) is 4.86. The Morgan fingerprint density at radius 1 is 1.53 bits per heavy atom. The van der Waals surface area contributed by atoms with Crippen molar-refractivity contribution in [2.45, 2.75) is 11.0 Å². The highest BCUT2D eigenvalue weighted by atomic mass is 79.9. The lowest BCUT2D eigenvalue weighted by Gasteiger charge is -2.12. The summed E-state index contributed by atoms with van der Waals surface area (Å²) in [4.78, 5) is 10.4. The van der Waals surface area contributed by atoms with Gasteiger partial charge in [0, 0.05) is 17.3 Å². The van der Waals surface area contributed by atoms with E-state index in [4.69, 9.17) is 28.2 Å². The number of hydrogen-bond donors (Lipinski definition) is 4. The third kappa shape index (κ3) is 4.05. The predicted octanol–water partition coefficient (Wildman–Crippen LogP) is -0.191. The van der Waals surface area contributed by atoms with Gasteiger partial charge in [0.05, 0.1) is 9.37 Å². The molecule has 106 valence electrons. The van der Waals surface area contributed by atoms with Gasteiger partial charge in [-0.15, -0.1) is 0 Å². The summed E-state index contributed by atoms with van der Waals surface area (Å²) < 4.78 is 26.1. The second kappa shape index (κ2) is 6.06. The van der Waals surface area contributed by atoms with E-state index in [-0.39, 0.29) is 20.1 Å². The molecule has 0 aliphatic heterocycles. The van der Waals surface area contributed by atoms with Crippen molar-refractivity contribution in [1.82, 2.24) is 4.72 Å². The number of benzene rings is 1. The van der Waals surface area contributed by atoms with Gasteiger partial charge in [0.15, 0.2) is 0 Å². The first kappa shape index (κ1) is 16.2. The van der Waals surface area contributed by atoms with Crippen LogP contribution in [0.2, 0.25) is 5.02 Å². The molecule has 6 N–H and O–H groups in total. The predicted molar refractivity (Wildman–Crippen MR) is 74.0 cm³/mol. The van der Waals surface area contributed by atoms with Gasteiger partial charge in [-0.25, -0.2) is 13.1 Å². The molecule has 0 saturated carbocycles. The molecule has 1 unspecified atom stereocenters. The minimum atomic E-state index is -3.99. The summed E-state index contributed by atoms with van der Waals surface area (Å²) >= 11 is 8.75. The Kier molecular flexibility index (Phi) is 5.16. The summed E-state index contributed by atoms with van der Waals surface area (Å²) in [5.74, 6) is -1.03. The minimum Gasteiger partial charge on any atom is -0.398 e. The quantitative estimate of drug-likeness (QED) is 0.531. The van der Waals surface area contributed by atoms with Crippen molar-refractivity contribution in [2.24, 2.45) is 5.73 Å². The minimum absolute atomic E-state index is 0.136. The largest absolute Gasteiger partial charge is 0.398 e. The fourth-order valence-corrected chi connectivity index (χ4v) is 3.48. The molecule has 0 heterocycles. The van der Waals surface area contributed by atoms with E-state index in [0.29, 0.717) is 0 Å². The standard InChI is InChI=1S/C9H11BrClN3O4S/c10-8-5(12)1-4(11)2-7(8)19(17,18)14-3-6(15)9(13)16/h1-2,6,14-15H,3,12H2,(H2,13,16). The van der Waals surface area contributed by atoms with Crippen LogP contribution in [0.1, 0.15) is 0 Å². The SMILES string of the molecule is NC(=O)C(O)CNS(=O)(=O)c1cc(Cl)cc(N)c1Br. The topological polar surface area (TPSA) is 136 Å². The molecule has 0 bridgehead atoms. The van der Waals surface area contributed by atoms with Gasteiger partial charge in [-0.3, -0.25) is 4.79 Å². The second-order valence-electron chi connectivity index (χ2n) is 3.58. The molecule has 7 nitrogen and oxygen atoms in total. The van der Waals surface area contributed by atoms with Crippen molar-refractivity contribution >= 4 is 49.1 Å². The number of primary amides is 1. The molecule has 0 aliphatic carbocycles. The van der Waals surface area contributed by atoms with Crippen LogP contribution in [0.4, 0.5) is 5.69 Å². The molecule has 0 fully saturated rings. The first-order chi connectivity index (χ1) is 8.65. The van der Waals surface area contributed by atoms with E-state index >= 15 is 0 Å². The lowest BCUT2D eigenvalue weighted by Crippen LogP contribution is -2.40. The number of nitrogen functional groups attached to an aromatic ring is 1. The normalized spacial score (nSPS) is 13.2. The number of sulfonamides is 1. The van der Waals surface area contributed by atoms with Crippen molar-refractivity contribution < 1.29 is 18.3 Å². The third-order valence-electron chi connectivity index (χ3n) is 2.12. The van der Waals surface area contributed by atoms with Crippen molar-refractivity contribution in [3.8, 4) is 0 Å². The Morgan fingerprint density at radius 2 is 2.11 bits per heavy atom. The van der Waals surface area contributed by atoms with Gasteiger partial charge in [-0.05, 0) is 28.1 Å². The van der Waals surface area contributed by atoms with E-state index in [1.54, 1.807) is 0 Å². The second-order valence-corrected chi connectivity index (χ2v) is 6.54. The number of carbonyl (C=O) groups is 1. The number of hydrogen-bond acceptors (Lipinski definition) is 5. The van der Waals surface area contributed by atoms with Crippen LogP contribution in [0, 0.1) is 0 Å². The van der Waals surface area contributed by atoms with Crippen molar-refractivity contribution in [3.63, 3.8) is 0 Å². The van der Waals surface area contributed by atoms with Gasteiger partial charge < -0.3 is 16.6 Å².